The number of nitrogens with one attached hydrogen (secondary N) is 1. The average Bonchev–Trinajstić information content (AvgIpc) is 2.97. The molecule has 104 valence electrons. The second-order valence-corrected chi connectivity index (χ2v) is 5.59. The quantitative estimate of drug-likeness (QED) is 0.816. The number of rotatable bonds is 6. The van der Waals surface area contributed by atoms with Gasteiger partial charge in [0.2, 0.25) is 0 Å². The number of thioether (sulfide) groups is 1. The van der Waals surface area contributed by atoms with Crippen LogP contribution in [0.25, 0.3) is 0 Å². The van der Waals surface area contributed by atoms with Crippen LogP contribution in [0.1, 0.15) is 37.0 Å². The van der Waals surface area contributed by atoms with Gasteiger partial charge in [-0.25, -0.2) is 0 Å². The third-order valence-corrected chi connectivity index (χ3v) is 3.81. The first kappa shape index (κ1) is 14.1. The summed E-state index contributed by atoms with van der Waals surface area (Å²) >= 11 is 1.61. The number of hydrogen-bond donors (Lipinski definition) is 1. The minimum absolute atomic E-state index is 0.364. The standard InChI is InChI=1S/C12H19N5OS/c1-8(2)10-5-9(16-18-10)7-19-12-15-14-11(6-13-3)17(12)4/h5,8,13H,6-7H2,1-4H3. The molecule has 0 bridgehead atoms. The fraction of sp³-hybridized carbons (Fsp3) is 0.583. The molecule has 2 heterocycles. The van der Waals surface area contributed by atoms with Gasteiger partial charge < -0.3 is 14.4 Å². The van der Waals surface area contributed by atoms with Gasteiger partial charge in [-0.3, -0.25) is 0 Å². The summed E-state index contributed by atoms with van der Waals surface area (Å²) in [6, 6.07) is 2.00. The molecule has 0 aliphatic carbocycles. The largest absolute Gasteiger partial charge is 0.361 e. The summed E-state index contributed by atoms with van der Waals surface area (Å²) in [6.07, 6.45) is 0. The number of nitrogens with zero attached hydrogens (tertiary/aromatic N) is 4. The van der Waals surface area contributed by atoms with Crippen molar-refractivity contribution in [3.63, 3.8) is 0 Å². The normalized spacial score (nSPS) is 11.4. The highest BCUT2D eigenvalue weighted by molar-refractivity contribution is 7.98. The summed E-state index contributed by atoms with van der Waals surface area (Å²) in [7, 11) is 3.86. The van der Waals surface area contributed by atoms with Gasteiger partial charge in [-0.1, -0.05) is 30.8 Å². The van der Waals surface area contributed by atoms with Crippen molar-refractivity contribution in [1.29, 1.82) is 0 Å². The Hall–Kier alpha value is -1.34. The summed E-state index contributed by atoms with van der Waals surface area (Å²) in [5, 5.41) is 16.3. The Morgan fingerprint density at radius 1 is 1.42 bits per heavy atom. The molecule has 1 N–H and O–H groups in total. The first-order valence-corrected chi connectivity index (χ1v) is 7.21. The van der Waals surface area contributed by atoms with Crippen LogP contribution in [0.15, 0.2) is 15.7 Å². The van der Waals surface area contributed by atoms with E-state index in [0.717, 1.165) is 28.2 Å². The van der Waals surface area contributed by atoms with Gasteiger partial charge in [-0.2, -0.15) is 0 Å². The Kier molecular flexibility index (Phi) is 4.60. The zero-order chi connectivity index (χ0) is 13.8. The molecule has 0 aromatic carbocycles. The zero-order valence-corrected chi connectivity index (χ0v) is 12.5. The van der Waals surface area contributed by atoms with E-state index in [1.807, 2.05) is 24.7 Å². The van der Waals surface area contributed by atoms with Crippen LogP contribution in [0.3, 0.4) is 0 Å². The molecule has 0 fully saturated rings. The van der Waals surface area contributed by atoms with E-state index in [1.54, 1.807) is 11.8 Å². The molecule has 0 unspecified atom stereocenters. The van der Waals surface area contributed by atoms with Gasteiger partial charge >= 0.3 is 0 Å². The summed E-state index contributed by atoms with van der Waals surface area (Å²) in [6.45, 7) is 4.89. The molecule has 0 aliphatic rings. The molecule has 0 aliphatic heterocycles. The van der Waals surface area contributed by atoms with Gasteiger partial charge in [0, 0.05) is 24.8 Å². The van der Waals surface area contributed by atoms with Crippen LogP contribution in [0.2, 0.25) is 0 Å². The van der Waals surface area contributed by atoms with Crippen molar-refractivity contribution in [2.24, 2.45) is 7.05 Å². The van der Waals surface area contributed by atoms with E-state index in [2.05, 4.69) is 34.5 Å². The van der Waals surface area contributed by atoms with Crippen molar-refractivity contribution in [1.82, 2.24) is 25.2 Å². The third kappa shape index (κ3) is 3.36. The highest BCUT2D eigenvalue weighted by Gasteiger charge is 2.11. The highest BCUT2D eigenvalue weighted by atomic mass is 32.2. The lowest BCUT2D eigenvalue weighted by Crippen LogP contribution is -2.10. The minimum Gasteiger partial charge on any atom is -0.361 e. The van der Waals surface area contributed by atoms with Gasteiger partial charge in [0.05, 0.1) is 12.2 Å². The Bertz CT molecular complexity index is 534. The van der Waals surface area contributed by atoms with E-state index >= 15 is 0 Å². The van der Waals surface area contributed by atoms with Crippen molar-refractivity contribution in [2.45, 2.75) is 37.2 Å². The van der Waals surface area contributed by atoms with Crippen molar-refractivity contribution in [3.8, 4) is 0 Å². The molecule has 0 atom stereocenters. The van der Waals surface area contributed by atoms with E-state index in [9.17, 15) is 0 Å². The van der Waals surface area contributed by atoms with Crippen LogP contribution in [0.4, 0.5) is 0 Å². The zero-order valence-electron chi connectivity index (χ0n) is 11.7. The molecule has 0 saturated carbocycles. The molecule has 0 saturated heterocycles. The van der Waals surface area contributed by atoms with Gasteiger partial charge in [-0.15, -0.1) is 10.2 Å². The topological polar surface area (TPSA) is 68.8 Å². The summed E-state index contributed by atoms with van der Waals surface area (Å²) in [5.74, 6) is 2.95. The summed E-state index contributed by atoms with van der Waals surface area (Å²) in [4.78, 5) is 0. The fourth-order valence-corrected chi connectivity index (χ4v) is 2.40. The molecular weight excluding hydrogens is 262 g/mol. The molecule has 2 rings (SSSR count). The van der Waals surface area contributed by atoms with E-state index in [4.69, 9.17) is 4.52 Å². The van der Waals surface area contributed by atoms with E-state index in [0.29, 0.717) is 12.5 Å². The third-order valence-electron chi connectivity index (χ3n) is 2.76. The second kappa shape index (κ2) is 6.21. The Balaban J connectivity index is 1.98. The van der Waals surface area contributed by atoms with E-state index in [-0.39, 0.29) is 0 Å². The fourth-order valence-electron chi connectivity index (χ4n) is 1.59. The predicted octanol–water partition coefficient (Wildman–Crippen LogP) is 1.94. The van der Waals surface area contributed by atoms with Gasteiger partial charge in [-0.05, 0) is 7.05 Å². The van der Waals surface area contributed by atoms with Crippen LogP contribution in [-0.4, -0.2) is 27.0 Å². The monoisotopic (exact) mass is 281 g/mol. The van der Waals surface area contributed by atoms with Crippen molar-refractivity contribution in [2.75, 3.05) is 7.05 Å². The van der Waals surface area contributed by atoms with Crippen LogP contribution >= 0.6 is 11.8 Å². The molecular formula is C12H19N5OS. The van der Waals surface area contributed by atoms with Crippen molar-refractivity contribution in [3.05, 3.63) is 23.3 Å². The Morgan fingerprint density at radius 3 is 2.84 bits per heavy atom. The van der Waals surface area contributed by atoms with E-state index < -0.39 is 0 Å². The molecule has 0 spiro atoms. The maximum atomic E-state index is 5.27. The van der Waals surface area contributed by atoms with Gasteiger partial charge in [0.25, 0.3) is 0 Å². The summed E-state index contributed by atoms with van der Waals surface area (Å²) < 4.78 is 7.26. The molecule has 2 aromatic heterocycles. The predicted molar refractivity (Wildman–Crippen MR) is 73.9 cm³/mol. The minimum atomic E-state index is 0.364. The first-order valence-electron chi connectivity index (χ1n) is 6.23. The second-order valence-electron chi connectivity index (χ2n) is 4.65. The van der Waals surface area contributed by atoms with Gasteiger partial charge in [0.15, 0.2) is 5.16 Å². The number of hydrogen-bond acceptors (Lipinski definition) is 6. The van der Waals surface area contributed by atoms with Crippen LogP contribution in [0, 0.1) is 0 Å². The summed E-state index contributed by atoms with van der Waals surface area (Å²) in [5.41, 5.74) is 0.937. The molecule has 19 heavy (non-hydrogen) atoms. The molecule has 0 amide bonds. The lowest BCUT2D eigenvalue weighted by Gasteiger charge is -2.01. The smallest absolute Gasteiger partial charge is 0.191 e. The lowest BCUT2D eigenvalue weighted by atomic mass is 10.1. The first-order chi connectivity index (χ1) is 9.11. The van der Waals surface area contributed by atoms with E-state index in [1.165, 1.54) is 0 Å². The van der Waals surface area contributed by atoms with Crippen LogP contribution < -0.4 is 5.32 Å². The lowest BCUT2D eigenvalue weighted by molar-refractivity contribution is 0.367. The Labute approximate surface area is 117 Å². The maximum Gasteiger partial charge on any atom is 0.191 e. The molecule has 6 nitrogen and oxygen atoms in total. The molecule has 0 radical (unpaired) electrons. The number of aromatic nitrogens is 4. The molecule has 2 aromatic rings. The van der Waals surface area contributed by atoms with Crippen LogP contribution in [0.5, 0.6) is 0 Å². The maximum absolute atomic E-state index is 5.27. The highest BCUT2D eigenvalue weighted by Crippen LogP contribution is 2.23. The van der Waals surface area contributed by atoms with Crippen LogP contribution in [-0.2, 0) is 19.3 Å². The van der Waals surface area contributed by atoms with Gasteiger partial charge in [0.1, 0.15) is 11.6 Å². The molecule has 7 heteroatoms. The average molecular weight is 281 g/mol. The van der Waals surface area contributed by atoms with Crippen molar-refractivity contribution < 1.29 is 4.52 Å². The SMILES string of the molecule is CNCc1nnc(SCc2cc(C(C)C)on2)n1C. The Morgan fingerprint density at radius 2 is 2.21 bits per heavy atom. The van der Waals surface area contributed by atoms with Crippen molar-refractivity contribution >= 4 is 11.8 Å².